The number of rotatable bonds is 4. The number of hydrogen-bond donors (Lipinski definition) is 1. The molecule has 1 amide bonds. The summed E-state index contributed by atoms with van der Waals surface area (Å²) in [7, 11) is 0. The molecule has 3 rings (SSSR count). The van der Waals surface area contributed by atoms with Gasteiger partial charge in [0.25, 0.3) is 5.91 Å². The molecule has 0 radical (unpaired) electrons. The lowest BCUT2D eigenvalue weighted by atomic mass is 10.2. The van der Waals surface area contributed by atoms with Crippen LogP contribution in [0.25, 0.3) is 10.6 Å². The minimum Gasteiger partial charge on any atom is -0.350 e. The lowest BCUT2D eigenvalue weighted by Crippen LogP contribution is -2.25. The maximum Gasteiger partial charge on any atom is 0.290 e. The molecule has 6 heteroatoms. The molecule has 0 bridgehead atoms. The summed E-state index contributed by atoms with van der Waals surface area (Å²) in [4.78, 5) is 14.2. The second kappa shape index (κ2) is 5.60. The molecule has 1 atom stereocenters. The minimum absolute atomic E-state index is 0.0437. The topological polar surface area (TPSA) is 55.1 Å². The van der Waals surface area contributed by atoms with Crippen molar-refractivity contribution in [2.45, 2.75) is 13.0 Å². The van der Waals surface area contributed by atoms with Crippen molar-refractivity contribution < 1.29 is 9.32 Å². The predicted octanol–water partition coefficient (Wildman–Crippen LogP) is 3.96. The van der Waals surface area contributed by atoms with E-state index in [-0.39, 0.29) is 17.7 Å². The van der Waals surface area contributed by atoms with Gasteiger partial charge in [-0.25, -0.2) is 0 Å². The van der Waals surface area contributed by atoms with Gasteiger partial charge in [0.05, 0.1) is 10.9 Å². The Balaban J connectivity index is 1.72. The number of hydrogen-bond acceptors (Lipinski definition) is 5. The lowest BCUT2D eigenvalue weighted by molar-refractivity contribution is 0.0903. The van der Waals surface area contributed by atoms with Gasteiger partial charge in [-0.2, -0.15) is 0 Å². The van der Waals surface area contributed by atoms with Crippen LogP contribution in [0.5, 0.6) is 0 Å². The number of amides is 1. The quantitative estimate of drug-likeness (QED) is 0.794. The SMILES string of the molecule is C[C@@H](NC(=O)c1cc(-c2cccs2)no1)c1cccs1. The van der Waals surface area contributed by atoms with E-state index in [0.717, 1.165) is 9.75 Å². The lowest BCUT2D eigenvalue weighted by Gasteiger charge is -2.09. The summed E-state index contributed by atoms with van der Waals surface area (Å²) >= 11 is 3.17. The normalized spacial score (nSPS) is 12.2. The third-order valence-electron chi connectivity index (χ3n) is 2.83. The van der Waals surface area contributed by atoms with Crippen LogP contribution in [0.15, 0.2) is 45.6 Å². The zero-order valence-electron chi connectivity index (χ0n) is 10.7. The molecule has 4 nitrogen and oxygen atoms in total. The molecule has 0 aliphatic heterocycles. The third-order valence-corrected chi connectivity index (χ3v) is 4.77. The smallest absolute Gasteiger partial charge is 0.290 e. The molecule has 0 spiro atoms. The first-order chi connectivity index (χ1) is 9.74. The average Bonchev–Trinajstić information content (AvgIpc) is 3.19. The Morgan fingerprint density at radius 1 is 1.30 bits per heavy atom. The molecule has 0 aromatic carbocycles. The van der Waals surface area contributed by atoms with E-state index in [9.17, 15) is 4.79 Å². The fourth-order valence-electron chi connectivity index (χ4n) is 1.80. The molecule has 102 valence electrons. The van der Waals surface area contributed by atoms with E-state index in [2.05, 4.69) is 10.5 Å². The number of carbonyl (C=O) groups is 1. The molecule has 3 heterocycles. The van der Waals surface area contributed by atoms with Crippen molar-refractivity contribution >= 4 is 28.6 Å². The van der Waals surface area contributed by atoms with Crippen LogP contribution in [0.4, 0.5) is 0 Å². The summed E-state index contributed by atoms with van der Waals surface area (Å²) in [6, 6.07) is 9.46. The first-order valence-electron chi connectivity index (χ1n) is 6.09. The van der Waals surface area contributed by atoms with Crippen molar-refractivity contribution in [3.8, 4) is 10.6 Å². The third kappa shape index (κ3) is 2.66. The van der Waals surface area contributed by atoms with Crippen LogP contribution in [0.3, 0.4) is 0 Å². The van der Waals surface area contributed by atoms with Crippen LogP contribution in [-0.2, 0) is 0 Å². The van der Waals surface area contributed by atoms with E-state index in [1.54, 1.807) is 28.7 Å². The molecule has 20 heavy (non-hydrogen) atoms. The summed E-state index contributed by atoms with van der Waals surface area (Å²) in [5.74, 6) is -0.0157. The second-order valence-electron chi connectivity index (χ2n) is 4.26. The maximum absolute atomic E-state index is 12.1. The van der Waals surface area contributed by atoms with Crippen molar-refractivity contribution in [2.75, 3.05) is 0 Å². The molecule has 0 saturated carbocycles. The van der Waals surface area contributed by atoms with Crippen molar-refractivity contribution in [3.05, 3.63) is 51.7 Å². The standard InChI is InChI=1S/C14H12N2O2S2/c1-9(12-4-2-6-19-12)15-14(17)11-8-10(16-18-11)13-5-3-7-20-13/h2-9H,1H3,(H,15,17)/t9-/m1/s1. The van der Waals surface area contributed by atoms with E-state index >= 15 is 0 Å². The maximum atomic E-state index is 12.1. The highest BCUT2D eigenvalue weighted by Crippen LogP contribution is 2.24. The molecule has 3 aromatic heterocycles. The molecular weight excluding hydrogens is 292 g/mol. The fraction of sp³-hybridized carbons (Fsp3) is 0.143. The molecule has 0 saturated heterocycles. The van der Waals surface area contributed by atoms with Crippen LogP contribution < -0.4 is 5.32 Å². The van der Waals surface area contributed by atoms with Gasteiger partial charge in [-0.1, -0.05) is 17.3 Å². The number of nitrogens with one attached hydrogen (secondary N) is 1. The van der Waals surface area contributed by atoms with Gasteiger partial charge in [0.2, 0.25) is 5.76 Å². The fourth-order valence-corrected chi connectivity index (χ4v) is 3.21. The predicted molar refractivity (Wildman–Crippen MR) is 80.0 cm³/mol. The highest BCUT2D eigenvalue weighted by Gasteiger charge is 2.17. The zero-order valence-corrected chi connectivity index (χ0v) is 12.3. The summed E-state index contributed by atoms with van der Waals surface area (Å²) in [6.07, 6.45) is 0. The summed E-state index contributed by atoms with van der Waals surface area (Å²) in [6.45, 7) is 1.94. The largest absolute Gasteiger partial charge is 0.350 e. The van der Waals surface area contributed by atoms with Gasteiger partial charge in [-0.3, -0.25) is 4.79 Å². The second-order valence-corrected chi connectivity index (χ2v) is 6.19. The number of carbonyl (C=O) groups excluding carboxylic acids is 1. The first kappa shape index (κ1) is 13.1. The van der Waals surface area contributed by atoms with E-state index in [4.69, 9.17) is 4.52 Å². The van der Waals surface area contributed by atoms with Gasteiger partial charge in [-0.15, -0.1) is 22.7 Å². The van der Waals surface area contributed by atoms with E-state index in [1.807, 2.05) is 41.9 Å². The Morgan fingerprint density at radius 3 is 2.80 bits per heavy atom. The van der Waals surface area contributed by atoms with E-state index in [1.165, 1.54) is 0 Å². The summed E-state index contributed by atoms with van der Waals surface area (Å²) in [5.41, 5.74) is 0.689. The Morgan fingerprint density at radius 2 is 2.10 bits per heavy atom. The molecule has 0 unspecified atom stereocenters. The van der Waals surface area contributed by atoms with Crippen LogP contribution in [0, 0.1) is 0 Å². The van der Waals surface area contributed by atoms with Crippen molar-refractivity contribution in [3.63, 3.8) is 0 Å². The first-order valence-corrected chi connectivity index (χ1v) is 7.85. The average molecular weight is 304 g/mol. The number of aromatic nitrogens is 1. The van der Waals surface area contributed by atoms with Gasteiger partial charge in [0.1, 0.15) is 5.69 Å². The number of nitrogens with zero attached hydrogens (tertiary/aromatic N) is 1. The van der Waals surface area contributed by atoms with Crippen LogP contribution in [-0.4, -0.2) is 11.1 Å². The molecule has 3 aromatic rings. The molecule has 1 N–H and O–H groups in total. The van der Waals surface area contributed by atoms with Gasteiger partial charge in [-0.05, 0) is 29.8 Å². The minimum atomic E-state index is -0.249. The summed E-state index contributed by atoms with van der Waals surface area (Å²) < 4.78 is 5.12. The van der Waals surface area contributed by atoms with Gasteiger partial charge < -0.3 is 9.84 Å². The van der Waals surface area contributed by atoms with Crippen molar-refractivity contribution in [2.24, 2.45) is 0 Å². The van der Waals surface area contributed by atoms with Gasteiger partial charge in [0, 0.05) is 10.9 Å². The van der Waals surface area contributed by atoms with E-state index < -0.39 is 0 Å². The van der Waals surface area contributed by atoms with E-state index in [0.29, 0.717) is 5.69 Å². The molecule has 0 aliphatic carbocycles. The highest BCUT2D eigenvalue weighted by molar-refractivity contribution is 7.13. The van der Waals surface area contributed by atoms with Gasteiger partial charge in [0.15, 0.2) is 0 Å². The van der Waals surface area contributed by atoms with Crippen LogP contribution in [0.1, 0.15) is 28.4 Å². The number of thiophene rings is 2. The summed E-state index contributed by atoms with van der Waals surface area (Å²) in [5, 5.41) is 10.8. The molecular formula is C14H12N2O2S2. The zero-order chi connectivity index (χ0) is 13.9. The van der Waals surface area contributed by atoms with Crippen molar-refractivity contribution in [1.82, 2.24) is 10.5 Å². The Kier molecular flexibility index (Phi) is 3.66. The Hall–Kier alpha value is -1.92. The Bertz CT molecular complexity index is 687. The monoisotopic (exact) mass is 304 g/mol. The van der Waals surface area contributed by atoms with Crippen LogP contribution >= 0.6 is 22.7 Å². The van der Waals surface area contributed by atoms with Crippen molar-refractivity contribution in [1.29, 1.82) is 0 Å². The van der Waals surface area contributed by atoms with Gasteiger partial charge >= 0.3 is 0 Å². The molecule has 0 aliphatic rings. The highest BCUT2D eigenvalue weighted by atomic mass is 32.1. The molecule has 0 fully saturated rings. The Labute approximate surface area is 124 Å². The van der Waals surface area contributed by atoms with Crippen LogP contribution in [0.2, 0.25) is 0 Å².